The van der Waals surface area contributed by atoms with E-state index in [0.29, 0.717) is 25.2 Å². The average molecular weight is 321 g/mol. The molecule has 1 heterocycles. The van der Waals surface area contributed by atoms with E-state index in [1.54, 1.807) is 13.0 Å². The van der Waals surface area contributed by atoms with Crippen molar-refractivity contribution in [3.63, 3.8) is 0 Å². The van der Waals surface area contributed by atoms with Gasteiger partial charge in [0.25, 0.3) is 5.69 Å². The van der Waals surface area contributed by atoms with E-state index >= 15 is 0 Å². The number of carboxylic acid groups (broad SMARTS) is 1. The highest BCUT2D eigenvalue weighted by molar-refractivity contribution is 5.94. The molecule has 1 amide bonds. The van der Waals surface area contributed by atoms with Crippen LogP contribution in [0.3, 0.4) is 0 Å². The van der Waals surface area contributed by atoms with E-state index in [0.717, 1.165) is 6.42 Å². The van der Waals surface area contributed by atoms with Crippen LogP contribution in [0.4, 0.5) is 11.4 Å². The Morgan fingerprint density at radius 1 is 1.48 bits per heavy atom. The van der Waals surface area contributed by atoms with Gasteiger partial charge in [-0.1, -0.05) is 6.07 Å². The van der Waals surface area contributed by atoms with Crippen molar-refractivity contribution in [1.29, 1.82) is 0 Å². The maximum atomic E-state index is 12.3. The number of amides is 1. The number of anilines is 1. The number of aliphatic carboxylic acids is 1. The van der Waals surface area contributed by atoms with Gasteiger partial charge in [-0.15, -0.1) is 0 Å². The molecule has 2 unspecified atom stereocenters. The van der Waals surface area contributed by atoms with Crippen molar-refractivity contribution in [3.8, 4) is 0 Å². The zero-order valence-corrected chi connectivity index (χ0v) is 12.8. The smallest absolute Gasteiger partial charge is 0.307 e. The van der Waals surface area contributed by atoms with Crippen LogP contribution in [-0.2, 0) is 9.59 Å². The minimum atomic E-state index is -0.846. The van der Waals surface area contributed by atoms with Gasteiger partial charge in [0.1, 0.15) is 0 Å². The summed E-state index contributed by atoms with van der Waals surface area (Å²) in [5.74, 6) is -1.62. The summed E-state index contributed by atoms with van der Waals surface area (Å²) in [5, 5.41) is 22.5. The van der Waals surface area contributed by atoms with Gasteiger partial charge in [-0.2, -0.15) is 0 Å². The third kappa shape index (κ3) is 4.26. The third-order valence-electron chi connectivity index (χ3n) is 4.05. The first kappa shape index (κ1) is 16.9. The molecule has 2 rings (SSSR count). The Bertz CT molecular complexity index is 619. The van der Waals surface area contributed by atoms with Crippen LogP contribution in [0.15, 0.2) is 24.3 Å². The van der Waals surface area contributed by atoms with E-state index in [2.05, 4.69) is 5.32 Å². The maximum Gasteiger partial charge on any atom is 0.307 e. The van der Waals surface area contributed by atoms with Crippen LogP contribution in [0.2, 0.25) is 0 Å². The number of nitrogens with zero attached hydrogens (tertiary/aromatic N) is 2. The van der Waals surface area contributed by atoms with Crippen LogP contribution < -0.4 is 5.32 Å². The van der Waals surface area contributed by atoms with Gasteiger partial charge >= 0.3 is 5.97 Å². The Balaban J connectivity index is 2.01. The minimum Gasteiger partial charge on any atom is -0.481 e. The second-order valence-corrected chi connectivity index (χ2v) is 5.64. The van der Waals surface area contributed by atoms with E-state index in [-0.39, 0.29) is 11.6 Å². The second kappa shape index (κ2) is 7.19. The summed E-state index contributed by atoms with van der Waals surface area (Å²) in [7, 11) is 0. The molecule has 23 heavy (non-hydrogen) atoms. The zero-order chi connectivity index (χ0) is 17.0. The Labute approximate surface area is 133 Å². The van der Waals surface area contributed by atoms with Gasteiger partial charge in [-0.3, -0.25) is 24.6 Å². The molecule has 1 fully saturated rings. The van der Waals surface area contributed by atoms with Gasteiger partial charge in [0, 0.05) is 24.4 Å². The fourth-order valence-electron chi connectivity index (χ4n) is 2.67. The summed E-state index contributed by atoms with van der Waals surface area (Å²) in [6.45, 7) is 2.70. The molecule has 2 N–H and O–H groups in total. The first-order valence-corrected chi connectivity index (χ1v) is 7.40. The second-order valence-electron chi connectivity index (χ2n) is 5.64. The number of rotatable bonds is 5. The first-order valence-electron chi connectivity index (χ1n) is 7.40. The Kier molecular flexibility index (Phi) is 5.28. The van der Waals surface area contributed by atoms with Crippen LogP contribution >= 0.6 is 0 Å². The molecular formula is C15H19N3O5. The van der Waals surface area contributed by atoms with Crippen molar-refractivity contribution in [2.75, 3.05) is 18.4 Å². The molecule has 1 saturated heterocycles. The number of nitro groups is 1. The number of likely N-dealkylation sites (tertiary alicyclic amines) is 1. The Morgan fingerprint density at radius 3 is 2.87 bits per heavy atom. The van der Waals surface area contributed by atoms with E-state index < -0.39 is 22.9 Å². The van der Waals surface area contributed by atoms with Crippen molar-refractivity contribution >= 4 is 23.3 Å². The highest BCUT2D eigenvalue weighted by Gasteiger charge is 2.30. The van der Waals surface area contributed by atoms with E-state index in [1.165, 1.54) is 18.2 Å². The number of carbonyl (C=O) groups excluding carboxylic acids is 1. The van der Waals surface area contributed by atoms with Crippen molar-refractivity contribution in [2.24, 2.45) is 5.92 Å². The summed E-state index contributed by atoms with van der Waals surface area (Å²) >= 11 is 0. The van der Waals surface area contributed by atoms with Gasteiger partial charge in [0.05, 0.1) is 16.9 Å². The molecular weight excluding hydrogens is 302 g/mol. The summed E-state index contributed by atoms with van der Waals surface area (Å²) in [5.41, 5.74) is 0.252. The topological polar surface area (TPSA) is 113 Å². The number of piperidine rings is 1. The SMILES string of the molecule is CC(C(=O)Nc1cccc([N+](=O)[O-])c1)N1CCCC(C(=O)O)C1. The molecule has 0 aromatic heterocycles. The number of nitro benzene ring substituents is 1. The molecule has 1 aromatic carbocycles. The van der Waals surface area contributed by atoms with E-state index in [9.17, 15) is 19.7 Å². The molecule has 0 saturated carbocycles. The number of carbonyl (C=O) groups is 2. The lowest BCUT2D eigenvalue weighted by atomic mass is 9.97. The summed E-state index contributed by atoms with van der Waals surface area (Å²) < 4.78 is 0. The summed E-state index contributed by atoms with van der Waals surface area (Å²) in [4.78, 5) is 35.4. The molecule has 2 atom stereocenters. The molecule has 1 aromatic rings. The van der Waals surface area contributed by atoms with Crippen LogP contribution in [0.25, 0.3) is 0 Å². The molecule has 0 aliphatic carbocycles. The van der Waals surface area contributed by atoms with Crippen LogP contribution in [-0.4, -0.2) is 45.9 Å². The average Bonchev–Trinajstić information content (AvgIpc) is 2.54. The summed E-state index contributed by atoms with van der Waals surface area (Å²) in [6.07, 6.45) is 1.34. The van der Waals surface area contributed by atoms with Crippen LogP contribution in [0, 0.1) is 16.0 Å². The fourth-order valence-corrected chi connectivity index (χ4v) is 2.67. The number of hydrogen-bond acceptors (Lipinski definition) is 5. The normalized spacial score (nSPS) is 19.8. The number of benzene rings is 1. The lowest BCUT2D eigenvalue weighted by Gasteiger charge is -2.34. The van der Waals surface area contributed by atoms with Gasteiger partial charge in [0.15, 0.2) is 0 Å². The molecule has 8 heteroatoms. The standard InChI is InChI=1S/C15H19N3O5/c1-10(17-7-3-4-11(9-17)15(20)21)14(19)16-12-5-2-6-13(8-12)18(22)23/h2,5-6,8,10-11H,3-4,7,9H2,1H3,(H,16,19)(H,20,21). The largest absolute Gasteiger partial charge is 0.481 e. The minimum absolute atomic E-state index is 0.0978. The van der Waals surface area contributed by atoms with Crippen LogP contribution in [0.1, 0.15) is 19.8 Å². The van der Waals surface area contributed by atoms with E-state index in [1.807, 2.05) is 4.90 Å². The van der Waals surface area contributed by atoms with Gasteiger partial charge in [-0.25, -0.2) is 0 Å². The predicted octanol–water partition coefficient (Wildman–Crippen LogP) is 1.72. The maximum absolute atomic E-state index is 12.3. The van der Waals surface area contributed by atoms with E-state index in [4.69, 9.17) is 5.11 Å². The lowest BCUT2D eigenvalue weighted by Crippen LogP contribution is -2.48. The molecule has 0 radical (unpaired) electrons. The lowest BCUT2D eigenvalue weighted by molar-refractivity contribution is -0.384. The van der Waals surface area contributed by atoms with Crippen molar-refractivity contribution in [3.05, 3.63) is 34.4 Å². The predicted molar refractivity (Wildman–Crippen MR) is 83.1 cm³/mol. The molecule has 8 nitrogen and oxygen atoms in total. The Hall–Kier alpha value is -2.48. The van der Waals surface area contributed by atoms with Gasteiger partial charge in [-0.05, 0) is 32.4 Å². The molecule has 1 aliphatic heterocycles. The molecule has 0 bridgehead atoms. The number of carboxylic acids is 1. The first-order chi connectivity index (χ1) is 10.9. The number of hydrogen-bond donors (Lipinski definition) is 2. The molecule has 0 spiro atoms. The van der Waals surface area contributed by atoms with Gasteiger partial charge < -0.3 is 10.4 Å². The molecule has 1 aliphatic rings. The highest BCUT2D eigenvalue weighted by Crippen LogP contribution is 2.21. The van der Waals surface area contributed by atoms with Crippen molar-refractivity contribution < 1.29 is 19.6 Å². The zero-order valence-electron chi connectivity index (χ0n) is 12.8. The van der Waals surface area contributed by atoms with Crippen molar-refractivity contribution in [1.82, 2.24) is 4.90 Å². The third-order valence-corrected chi connectivity index (χ3v) is 4.05. The number of nitrogens with one attached hydrogen (secondary N) is 1. The Morgan fingerprint density at radius 2 is 2.22 bits per heavy atom. The quantitative estimate of drug-likeness (QED) is 0.630. The number of non-ortho nitro benzene ring substituents is 1. The highest BCUT2D eigenvalue weighted by atomic mass is 16.6. The monoisotopic (exact) mass is 321 g/mol. The van der Waals surface area contributed by atoms with Crippen molar-refractivity contribution in [2.45, 2.75) is 25.8 Å². The van der Waals surface area contributed by atoms with Crippen LogP contribution in [0.5, 0.6) is 0 Å². The fraction of sp³-hybridized carbons (Fsp3) is 0.467. The van der Waals surface area contributed by atoms with Gasteiger partial charge in [0.2, 0.25) is 5.91 Å². The summed E-state index contributed by atoms with van der Waals surface area (Å²) in [6, 6.07) is 5.21. The molecule has 124 valence electrons.